The minimum Gasteiger partial charge on any atom is -0.396 e. The van der Waals surface area contributed by atoms with Crippen molar-refractivity contribution in [3.8, 4) is 0 Å². The molecule has 2 rings (SSSR count). The zero-order chi connectivity index (χ0) is 14.4. The molecule has 0 bridgehead atoms. The van der Waals surface area contributed by atoms with Crippen LogP contribution in [-0.2, 0) is 0 Å². The summed E-state index contributed by atoms with van der Waals surface area (Å²) in [6.07, 6.45) is 5.26. The van der Waals surface area contributed by atoms with Gasteiger partial charge in [-0.2, -0.15) is 0 Å². The van der Waals surface area contributed by atoms with Gasteiger partial charge in [0.15, 0.2) is 0 Å². The van der Waals surface area contributed by atoms with Crippen LogP contribution in [0, 0.1) is 5.92 Å². The van der Waals surface area contributed by atoms with E-state index in [2.05, 4.69) is 35.1 Å². The summed E-state index contributed by atoms with van der Waals surface area (Å²) in [5.41, 5.74) is 1.26. The van der Waals surface area contributed by atoms with Gasteiger partial charge in [-0.15, -0.1) is 0 Å². The van der Waals surface area contributed by atoms with Gasteiger partial charge in [0.1, 0.15) is 5.82 Å². The predicted molar refractivity (Wildman–Crippen MR) is 83.0 cm³/mol. The Morgan fingerprint density at radius 3 is 3.15 bits per heavy atom. The number of pyridine rings is 1. The molecule has 1 aromatic heterocycles. The highest BCUT2D eigenvalue weighted by Crippen LogP contribution is 2.27. The van der Waals surface area contributed by atoms with E-state index >= 15 is 0 Å². The number of hydrogen-bond acceptors (Lipinski definition) is 4. The fraction of sp³-hybridized carbons (Fsp3) is 0.688. The van der Waals surface area contributed by atoms with Crippen molar-refractivity contribution in [1.29, 1.82) is 0 Å². The molecule has 112 valence electrons. The number of aliphatic hydroxyl groups excluding tert-OH is 1. The van der Waals surface area contributed by atoms with Crippen molar-refractivity contribution >= 4 is 5.82 Å². The Bertz CT molecular complexity index is 410. The normalized spacial score (nSPS) is 20.9. The van der Waals surface area contributed by atoms with Crippen LogP contribution in [0.25, 0.3) is 0 Å². The van der Waals surface area contributed by atoms with Crippen LogP contribution in [0.2, 0.25) is 0 Å². The fourth-order valence-electron chi connectivity index (χ4n) is 2.89. The maximum Gasteiger partial charge on any atom is 0.133 e. The number of nitrogens with one attached hydrogen (secondary N) is 1. The van der Waals surface area contributed by atoms with Crippen LogP contribution in [0.5, 0.6) is 0 Å². The first kappa shape index (κ1) is 15.3. The lowest BCUT2D eigenvalue weighted by Gasteiger charge is -2.34. The number of aliphatic hydroxyl groups is 1. The second-order valence-corrected chi connectivity index (χ2v) is 5.73. The van der Waals surface area contributed by atoms with Gasteiger partial charge in [0.25, 0.3) is 0 Å². The Labute approximate surface area is 122 Å². The van der Waals surface area contributed by atoms with Crippen LogP contribution >= 0.6 is 0 Å². The van der Waals surface area contributed by atoms with Crippen molar-refractivity contribution < 1.29 is 5.11 Å². The van der Waals surface area contributed by atoms with Crippen molar-refractivity contribution in [2.45, 2.75) is 39.2 Å². The summed E-state index contributed by atoms with van der Waals surface area (Å²) in [4.78, 5) is 6.94. The third kappa shape index (κ3) is 3.70. The van der Waals surface area contributed by atoms with E-state index in [1.54, 1.807) is 0 Å². The highest BCUT2D eigenvalue weighted by Gasteiger charge is 2.23. The fourth-order valence-corrected chi connectivity index (χ4v) is 2.89. The predicted octanol–water partition coefficient (Wildman–Crippen LogP) is 2.35. The lowest BCUT2D eigenvalue weighted by atomic mass is 9.98. The van der Waals surface area contributed by atoms with Gasteiger partial charge >= 0.3 is 0 Å². The van der Waals surface area contributed by atoms with E-state index in [9.17, 15) is 5.11 Å². The molecule has 2 atom stereocenters. The largest absolute Gasteiger partial charge is 0.396 e. The summed E-state index contributed by atoms with van der Waals surface area (Å²) in [6.45, 7) is 7.64. The first-order valence-corrected chi connectivity index (χ1v) is 7.80. The molecule has 1 aliphatic rings. The molecule has 4 nitrogen and oxygen atoms in total. The molecule has 1 aliphatic heterocycles. The van der Waals surface area contributed by atoms with Crippen molar-refractivity contribution in [3.05, 3.63) is 23.9 Å². The standard InChI is InChI=1S/C16H27N3O/c1-3-8-17-13(2)15-7-4-9-18-16(15)19-10-5-6-14(11-19)12-20/h4,7,9,13-14,17,20H,3,5-6,8,10-12H2,1-2H3. The lowest BCUT2D eigenvalue weighted by molar-refractivity contribution is 0.208. The van der Waals surface area contributed by atoms with Gasteiger partial charge in [0, 0.05) is 37.5 Å². The van der Waals surface area contributed by atoms with Crippen LogP contribution in [0.1, 0.15) is 44.7 Å². The minimum atomic E-state index is 0.280. The minimum absolute atomic E-state index is 0.280. The summed E-state index contributed by atoms with van der Waals surface area (Å²) in [7, 11) is 0. The summed E-state index contributed by atoms with van der Waals surface area (Å²) in [6, 6.07) is 4.49. The molecule has 0 spiro atoms. The molecule has 2 N–H and O–H groups in total. The number of nitrogens with zero attached hydrogens (tertiary/aromatic N) is 2. The molecule has 20 heavy (non-hydrogen) atoms. The van der Waals surface area contributed by atoms with Gasteiger partial charge in [-0.3, -0.25) is 0 Å². The molecular weight excluding hydrogens is 250 g/mol. The van der Waals surface area contributed by atoms with E-state index in [0.29, 0.717) is 12.0 Å². The van der Waals surface area contributed by atoms with E-state index in [0.717, 1.165) is 44.7 Å². The van der Waals surface area contributed by atoms with E-state index in [1.165, 1.54) is 5.56 Å². The van der Waals surface area contributed by atoms with Crippen LogP contribution in [0.15, 0.2) is 18.3 Å². The molecule has 2 unspecified atom stereocenters. The molecule has 1 fully saturated rings. The summed E-state index contributed by atoms with van der Waals surface area (Å²) >= 11 is 0. The number of aromatic nitrogens is 1. The molecule has 0 amide bonds. The van der Waals surface area contributed by atoms with Crippen molar-refractivity contribution in [2.24, 2.45) is 5.92 Å². The first-order valence-electron chi connectivity index (χ1n) is 7.80. The van der Waals surface area contributed by atoms with Gasteiger partial charge in [-0.1, -0.05) is 13.0 Å². The second-order valence-electron chi connectivity index (χ2n) is 5.73. The SMILES string of the molecule is CCCNC(C)c1cccnc1N1CCCC(CO)C1. The summed E-state index contributed by atoms with van der Waals surface area (Å²) in [5.74, 6) is 1.47. The number of piperidine rings is 1. The van der Waals surface area contributed by atoms with E-state index in [-0.39, 0.29) is 6.61 Å². The third-order valence-electron chi connectivity index (χ3n) is 4.06. The van der Waals surface area contributed by atoms with Crippen molar-refractivity contribution in [1.82, 2.24) is 10.3 Å². The van der Waals surface area contributed by atoms with Gasteiger partial charge in [-0.05, 0) is 44.7 Å². The molecule has 0 aromatic carbocycles. The number of anilines is 1. The zero-order valence-corrected chi connectivity index (χ0v) is 12.7. The summed E-state index contributed by atoms with van der Waals surface area (Å²) in [5, 5.41) is 12.9. The molecule has 4 heteroatoms. The second kappa shape index (κ2) is 7.60. The average Bonchev–Trinajstić information content (AvgIpc) is 2.52. The molecule has 1 saturated heterocycles. The first-order chi connectivity index (χ1) is 9.76. The Hall–Kier alpha value is -1.13. The van der Waals surface area contributed by atoms with E-state index < -0.39 is 0 Å². The number of rotatable bonds is 6. The molecule has 0 radical (unpaired) electrons. The van der Waals surface area contributed by atoms with Crippen molar-refractivity contribution in [2.75, 3.05) is 31.1 Å². The Kier molecular flexibility index (Phi) is 5.80. The quantitative estimate of drug-likeness (QED) is 0.838. The van der Waals surface area contributed by atoms with Crippen LogP contribution < -0.4 is 10.2 Å². The summed E-state index contributed by atoms with van der Waals surface area (Å²) < 4.78 is 0. The maximum absolute atomic E-state index is 9.39. The Morgan fingerprint density at radius 2 is 2.40 bits per heavy atom. The van der Waals surface area contributed by atoms with Crippen LogP contribution in [-0.4, -0.2) is 36.3 Å². The zero-order valence-electron chi connectivity index (χ0n) is 12.7. The van der Waals surface area contributed by atoms with Gasteiger partial charge in [-0.25, -0.2) is 4.98 Å². The average molecular weight is 277 g/mol. The van der Waals surface area contributed by atoms with Crippen molar-refractivity contribution in [3.63, 3.8) is 0 Å². The number of hydrogen-bond donors (Lipinski definition) is 2. The molecule has 0 saturated carbocycles. The molecule has 0 aliphatic carbocycles. The highest BCUT2D eigenvalue weighted by atomic mass is 16.3. The Morgan fingerprint density at radius 1 is 1.55 bits per heavy atom. The topological polar surface area (TPSA) is 48.4 Å². The van der Waals surface area contributed by atoms with Gasteiger partial charge in [0.05, 0.1) is 0 Å². The lowest BCUT2D eigenvalue weighted by Crippen LogP contribution is -2.38. The van der Waals surface area contributed by atoms with E-state index in [1.807, 2.05) is 12.3 Å². The third-order valence-corrected chi connectivity index (χ3v) is 4.06. The van der Waals surface area contributed by atoms with Gasteiger partial charge < -0.3 is 15.3 Å². The van der Waals surface area contributed by atoms with Gasteiger partial charge in [0.2, 0.25) is 0 Å². The van der Waals surface area contributed by atoms with Crippen LogP contribution in [0.4, 0.5) is 5.82 Å². The van der Waals surface area contributed by atoms with Crippen LogP contribution in [0.3, 0.4) is 0 Å². The van der Waals surface area contributed by atoms with E-state index in [4.69, 9.17) is 0 Å². The highest BCUT2D eigenvalue weighted by molar-refractivity contribution is 5.48. The Balaban J connectivity index is 2.14. The molecule has 1 aromatic rings. The molecule has 2 heterocycles. The maximum atomic E-state index is 9.39. The smallest absolute Gasteiger partial charge is 0.133 e. The monoisotopic (exact) mass is 277 g/mol. The molecular formula is C16H27N3O.